The summed E-state index contributed by atoms with van der Waals surface area (Å²) in [6.45, 7) is 12.2. The summed E-state index contributed by atoms with van der Waals surface area (Å²) in [5.41, 5.74) is -4.46. The van der Waals surface area contributed by atoms with Crippen molar-refractivity contribution in [1.29, 1.82) is 0 Å². The molecule has 26 heteroatoms. The van der Waals surface area contributed by atoms with Crippen LogP contribution in [-0.4, -0.2) is 170 Å². The quantitative estimate of drug-likeness (QED) is 0.0192. The largest absolute Gasteiger partial charge is 0.606 e. The van der Waals surface area contributed by atoms with Crippen LogP contribution in [-0.2, 0) is 76.0 Å². The molecule has 2 aliphatic rings. The van der Waals surface area contributed by atoms with E-state index < -0.39 is 173 Å². The number of unbranched alkanes of at least 4 members (excludes halogenated alkanes) is 8. The number of esters is 5. The van der Waals surface area contributed by atoms with Gasteiger partial charge in [-0.15, -0.1) is 0 Å². The van der Waals surface area contributed by atoms with Crippen LogP contribution in [0.1, 0.15) is 191 Å². The number of amides is 2. The van der Waals surface area contributed by atoms with E-state index in [1.54, 1.807) is 34.6 Å². The molecule has 2 heterocycles. The minimum absolute atomic E-state index is 0.0262. The summed E-state index contributed by atoms with van der Waals surface area (Å²) < 4.78 is 51.1. The van der Waals surface area contributed by atoms with Crippen molar-refractivity contribution in [3.8, 4) is 0 Å². The molecule has 2 aliphatic heterocycles. The van der Waals surface area contributed by atoms with Crippen LogP contribution >= 0.6 is 8.17 Å². The number of hydrogen-bond acceptors (Lipinski definition) is 23. The van der Waals surface area contributed by atoms with E-state index in [1.165, 1.54) is 33.6 Å². The van der Waals surface area contributed by atoms with Crippen LogP contribution < -0.4 is 15.5 Å². The number of aliphatic hydroxyl groups is 4. The number of phosphoric acid groups is 1. The van der Waals surface area contributed by atoms with Crippen molar-refractivity contribution >= 4 is 49.8 Å². The van der Waals surface area contributed by atoms with E-state index in [9.17, 15) is 68.7 Å². The fourth-order valence-electron chi connectivity index (χ4n) is 8.92. The van der Waals surface area contributed by atoms with Crippen LogP contribution in [0.3, 0.4) is 0 Å². The summed E-state index contributed by atoms with van der Waals surface area (Å²) in [5, 5.41) is 49.8. The Bertz CT molecular complexity index is 1860. The molecule has 14 atom stereocenters. The number of aliphatic hydroxyl groups excluding tert-OH is 4. The molecule has 78 heavy (non-hydrogen) atoms. The molecule has 0 aromatic carbocycles. The summed E-state index contributed by atoms with van der Waals surface area (Å²) in [6.07, 6.45) is -12.0. The van der Waals surface area contributed by atoms with E-state index in [1.807, 2.05) is 0 Å². The Morgan fingerprint density at radius 1 is 0.603 bits per heavy atom. The van der Waals surface area contributed by atoms with E-state index in [0.29, 0.717) is 6.42 Å². The lowest BCUT2D eigenvalue weighted by molar-refractivity contribution is -0.327. The maximum Gasteiger partial charge on any atom is 0.374 e. The van der Waals surface area contributed by atoms with Crippen molar-refractivity contribution in [2.75, 3.05) is 13.2 Å². The highest BCUT2D eigenvalue weighted by molar-refractivity contribution is 7.51. The second-order valence-electron chi connectivity index (χ2n) is 20.3. The standard InChI is InChI=1S/C52H91N2O23P/c1-10-17-18-19-20-21-22-23-24-25-42(61)72-34(13-4)28-39(58)54-52(9)48(76-44(63)29-35(14-5)71-41(60)16-7)46(77-78(66,67)68)36(30-55)74-50(52)69-31-37-45(64)47(75-43(62)26-32(56)11-2)51(8,49(65)73-37)53-38(57)27-33(12-3)70-40(59)15-6/h32-37,45-50,55-56,64-65H,10-31H2,1-9H3,(H,53,57)(H,54,58)(H2,66,67,68). The third kappa shape index (κ3) is 23.4. The van der Waals surface area contributed by atoms with E-state index >= 15 is 0 Å². The van der Waals surface area contributed by atoms with Gasteiger partial charge < -0.3 is 73.8 Å². The third-order valence-corrected chi connectivity index (χ3v) is 14.3. The molecule has 2 amide bonds. The first-order chi connectivity index (χ1) is 36.8. The Morgan fingerprint density at radius 3 is 1.56 bits per heavy atom. The molecule has 0 saturated carbocycles. The Morgan fingerprint density at radius 2 is 1.08 bits per heavy atom. The van der Waals surface area contributed by atoms with Gasteiger partial charge in [0.15, 0.2) is 30.9 Å². The fraction of sp³-hybridized carbons (Fsp3) is 0.865. The maximum absolute atomic E-state index is 14.3. The van der Waals surface area contributed by atoms with Gasteiger partial charge in [0.25, 0.3) is 0 Å². The zero-order chi connectivity index (χ0) is 58.8. The number of ether oxygens (including phenoxy) is 8. The first-order valence-electron chi connectivity index (χ1n) is 27.7. The highest BCUT2D eigenvalue weighted by atomic mass is 31.2. The lowest BCUT2D eigenvalue weighted by atomic mass is 9.83. The van der Waals surface area contributed by atoms with Crippen LogP contribution in [0, 0.1) is 0 Å². The smallest absolute Gasteiger partial charge is 0.374 e. The summed E-state index contributed by atoms with van der Waals surface area (Å²) >= 11 is 0. The molecule has 0 aromatic heterocycles. The van der Waals surface area contributed by atoms with Crippen molar-refractivity contribution in [3.05, 3.63) is 0 Å². The molecular formula is C52H91N2O23P. The molecular weight excluding hydrogens is 1050 g/mol. The van der Waals surface area contributed by atoms with Gasteiger partial charge in [-0.1, -0.05) is 99.8 Å². The van der Waals surface area contributed by atoms with Crippen LogP contribution in [0.4, 0.5) is 0 Å². The summed E-state index contributed by atoms with van der Waals surface area (Å²) in [7, 11) is -5.57. The van der Waals surface area contributed by atoms with Crippen molar-refractivity contribution in [2.45, 2.75) is 275 Å². The van der Waals surface area contributed by atoms with Gasteiger partial charge in [0.1, 0.15) is 47.7 Å². The number of nitrogens with one attached hydrogen (secondary N) is 2. The SMILES string of the molecule is CCCCCCCCCCCC(=O)OC(CC)CC(=O)NC1(C)C(OCC2OC(O)C(C)(NC(=O)CC(CC)OC(=O)CC)C(OC(=O)CC(O)CC)C2O)OC(CO)C(O[P+]([O-])(O)O)C1OC(=O)CC(CC)OC(=O)CC. The summed E-state index contributed by atoms with van der Waals surface area (Å²) in [5.74, 6) is -5.68. The van der Waals surface area contributed by atoms with E-state index in [-0.39, 0.29) is 44.9 Å². The van der Waals surface area contributed by atoms with Crippen LogP contribution in [0.5, 0.6) is 0 Å². The van der Waals surface area contributed by atoms with Gasteiger partial charge in [-0.2, -0.15) is 14.3 Å². The van der Waals surface area contributed by atoms with Crippen molar-refractivity contribution < 1.29 is 111 Å². The lowest BCUT2D eigenvalue weighted by Gasteiger charge is -2.52. The second kappa shape index (κ2) is 35.2. The van der Waals surface area contributed by atoms with Crippen molar-refractivity contribution in [2.24, 2.45) is 0 Å². The van der Waals surface area contributed by atoms with Crippen LogP contribution in [0.15, 0.2) is 0 Å². The monoisotopic (exact) mass is 1140 g/mol. The van der Waals surface area contributed by atoms with E-state index in [4.69, 9.17) is 42.4 Å². The molecule has 0 spiro atoms. The zero-order valence-corrected chi connectivity index (χ0v) is 47.9. The summed E-state index contributed by atoms with van der Waals surface area (Å²) in [4.78, 5) is 125. The summed E-state index contributed by atoms with van der Waals surface area (Å²) in [6, 6.07) is 0. The normalized spacial score (nSPS) is 26.8. The van der Waals surface area contributed by atoms with Gasteiger partial charge in [-0.05, 0) is 46.0 Å². The number of phosphoric ester groups is 1. The van der Waals surface area contributed by atoms with Crippen molar-refractivity contribution in [3.63, 3.8) is 0 Å². The molecule has 2 fully saturated rings. The average molecular weight is 1140 g/mol. The minimum Gasteiger partial charge on any atom is -0.606 e. The Kier molecular flexibility index (Phi) is 31.8. The second-order valence-corrected chi connectivity index (χ2v) is 21.5. The van der Waals surface area contributed by atoms with Crippen molar-refractivity contribution in [1.82, 2.24) is 10.6 Å². The Labute approximate surface area is 459 Å². The zero-order valence-electron chi connectivity index (χ0n) is 47.1. The molecule has 8 N–H and O–H groups in total. The molecule has 0 aliphatic carbocycles. The van der Waals surface area contributed by atoms with Gasteiger partial charge in [0.05, 0.1) is 45.0 Å². The number of hydrogen-bond donors (Lipinski definition) is 8. The van der Waals surface area contributed by atoms with E-state index in [0.717, 1.165) is 38.5 Å². The molecule has 2 saturated heterocycles. The predicted octanol–water partition coefficient (Wildman–Crippen LogP) is 2.82. The van der Waals surface area contributed by atoms with Gasteiger partial charge in [0.2, 0.25) is 11.8 Å². The van der Waals surface area contributed by atoms with Gasteiger partial charge in [0, 0.05) is 19.3 Å². The number of carbonyl (C=O) groups is 7. The Hall–Kier alpha value is -3.72. The highest BCUT2D eigenvalue weighted by Gasteiger charge is 2.62. The molecule has 452 valence electrons. The first kappa shape index (κ1) is 70.4. The molecule has 25 nitrogen and oxygen atoms in total. The molecule has 0 radical (unpaired) electrons. The molecule has 2 rings (SSSR count). The average Bonchev–Trinajstić information content (AvgIpc) is 3.39. The molecule has 14 unspecified atom stereocenters. The van der Waals surface area contributed by atoms with Gasteiger partial charge in [-0.3, -0.25) is 33.6 Å². The van der Waals surface area contributed by atoms with Crippen LogP contribution in [0.25, 0.3) is 0 Å². The number of rotatable bonds is 37. The fourth-order valence-corrected chi connectivity index (χ4v) is 9.48. The topological polar surface area (TPSA) is 371 Å². The minimum atomic E-state index is -5.57. The molecule has 0 bridgehead atoms. The van der Waals surface area contributed by atoms with Crippen LogP contribution in [0.2, 0.25) is 0 Å². The Balaban J connectivity index is 2.62. The molecule has 0 aromatic rings. The van der Waals surface area contributed by atoms with E-state index in [2.05, 4.69) is 17.6 Å². The third-order valence-electron chi connectivity index (χ3n) is 13.7. The van der Waals surface area contributed by atoms with Gasteiger partial charge >= 0.3 is 38.0 Å². The van der Waals surface area contributed by atoms with Gasteiger partial charge in [-0.25, -0.2) is 0 Å². The highest BCUT2D eigenvalue weighted by Crippen LogP contribution is 2.47. The number of carbonyl (C=O) groups excluding carboxylic acids is 7. The first-order valence-corrected chi connectivity index (χ1v) is 29.2. The maximum atomic E-state index is 14.3. The predicted molar refractivity (Wildman–Crippen MR) is 275 cm³/mol. The lowest BCUT2D eigenvalue weighted by Crippen LogP contribution is -2.75.